The number of carboxylic acids is 1. The lowest BCUT2D eigenvalue weighted by Gasteiger charge is -2.27. The molecule has 0 rings (SSSR count). The molecule has 0 fully saturated rings. The fourth-order valence-electron chi connectivity index (χ4n) is 3.07. The predicted molar refractivity (Wildman–Crippen MR) is 131 cm³/mol. The number of carbonyl (C=O) groups is 5. The van der Waals surface area contributed by atoms with E-state index in [2.05, 4.69) is 20.9 Å². The Morgan fingerprint density at radius 2 is 1.47 bits per heavy atom. The highest BCUT2D eigenvalue weighted by molar-refractivity contribution is 5.94. The van der Waals surface area contributed by atoms with Gasteiger partial charge in [-0.3, -0.25) is 24.2 Å². The third kappa shape index (κ3) is 12.3. The van der Waals surface area contributed by atoms with Gasteiger partial charge in [-0.25, -0.2) is 4.79 Å². The molecular weight excluding hydrogens is 476 g/mol. The van der Waals surface area contributed by atoms with Crippen molar-refractivity contribution in [3.63, 3.8) is 0 Å². The molecule has 0 bridgehead atoms. The van der Waals surface area contributed by atoms with Gasteiger partial charge in [-0.15, -0.1) is 0 Å². The first kappa shape index (κ1) is 32.5. The first-order valence-corrected chi connectivity index (χ1v) is 11.6. The molecule has 0 saturated heterocycles. The molecular formula is C21H40N8O7. The van der Waals surface area contributed by atoms with E-state index in [4.69, 9.17) is 22.9 Å². The van der Waals surface area contributed by atoms with E-state index >= 15 is 0 Å². The minimum absolute atomic E-state index is 0.105. The van der Waals surface area contributed by atoms with Gasteiger partial charge in [-0.1, -0.05) is 20.3 Å². The number of nitrogens with zero attached hydrogens (tertiary/aromatic N) is 1. The third-order valence-electron chi connectivity index (χ3n) is 5.46. The third-order valence-corrected chi connectivity index (χ3v) is 5.46. The molecule has 0 aliphatic rings. The van der Waals surface area contributed by atoms with Crippen LogP contribution in [0.5, 0.6) is 0 Å². The van der Waals surface area contributed by atoms with Gasteiger partial charge in [0.15, 0.2) is 5.96 Å². The van der Waals surface area contributed by atoms with E-state index < -0.39 is 65.8 Å². The number of aliphatic imine (C=N–C) groups is 1. The number of carboxylic acid groups (broad SMARTS) is 1. The Hall–Kier alpha value is -3.46. The van der Waals surface area contributed by atoms with Crippen LogP contribution in [0.4, 0.5) is 0 Å². The van der Waals surface area contributed by atoms with Crippen LogP contribution in [0.3, 0.4) is 0 Å². The van der Waals surface area contributed by atoms with E-state index in [-0.39, 0.29) is 31.8 Å². The van der Waals surface area contributed by atoms with Crippen LogP contribution in [0.2, 0.25) is 0 Å². The first-order valence-electron chi connectivity index (χ1n) is 11.6. The van der Waals surface area contributed by atoms with Crippen molar-refractivity contribution < 1.29 is 34.2 Å². The summed E-state index contributed by atoms with van der Waals surface area (Å²) >= 11 is 0. The molecule has 0 heterocycles. The van der Waals surface area contributed by atoms with E-state index in [1.807, 2.05) is 0 Å². The fraction of sp³-hybridized carbons (Fsp3) is 0.714. The van der Waals surface area contributed by atoms with Crippen LogP contribution >= 0.6 is 0 Å². The van der Waals surface area contributed by atoms with E-state index in [1.165, 1.54) is 6.92 Å². The van der Waals surface area contributed by atoms with Crippen molar-refractivity contribution in [2.75, 3.05) is 6.54 Å². The number of carbonyl (C=O) groups excluding carboxylic acids is 4. The summed E-state index contributed by atoms with van der Waals surface area (Å²) in [6, 6.07) is -5.12. The summed E-state index contributed by atoms with van der Waals surface area (Å²) in [6.45, 7) is 4.85. The normalized spacial score (nSPS) is 15.8. The van der Waals surface area contributed by atoms with Gasteiger partial charge in [0.1, 0.15) is 18.1 Å². The second-order valence-corrected chi connectivity index (χ2v) is 8.56. The summed E-state index contributed by atoms with van der Waals surface area (Å²) in [5, 5.41) is 26.5. The van der Waals surface area contributed by atoms with Gasteiger partial charge in [-0.05, 0) is 32.1 Å². The standard InChI is InChI=1S/C21H40N8O7/c1-4-10(2)15(20(35)36)28-19(34)16(11(3)30)29-18(33)13(7-8-14(23)31)27-17(32)12(22)6-5-9-26-21(24)25/h10-13,15-16,30H,4-9,22H2,1-3H3,(H2,23,31)(H,27,32)(H,28,34)(H,29,33)(H,35,36)(H4,24,25,26). The van der Waals surface area contributed by atoms with Crippen LogP contribution in [-0.4, -0.2) is 82.6 Å². The zero-order chi connectivity index (χ0) is 28.0. The van der Waals surface area contributed by atoms with E-state index in [1.54, 1.807) is 13.8 Å². The van der Waals surface area contributed by atoms with Crippen molar-refractivity contribution in [3.8, 4) is 0 Å². The van der Waals surface area contributed by atoms with E-state index in [0.29, 0.717) is 12.8 Å². The second-order valence-electron chi connectivity index (χ2n) is 8.56. The average Bonchev–Trinajstić information content (AvgIpc) is 2.79. The first-order chi connectivity index (χ1) is 16.7. The van der Waals surface area contributed by atoms with Gasteiger partial charge in [0.2, 0.25) is 23.6 Å². The molecule has 0 aliphatic carbocycles. The number of aliphatic carboxylic acids is 1. The molecule has 15 nitrogen and oxygen atoms in total. The molecule has 0 aliphatic heterocycles. The fourth-order valence-corrected chi connectivity index (χ4v) is 3.07. The van der Waals surface area contributed by atoms with Crippen molar-refractivity contribution in [3.05, 3.63) is 0 Å². The lowest BCUT2D eigenvalue weighted by Crippen LogP contribution is -2.60. The van der Waals surface area contributed by atoms with Crippen molar-refractivity contribution in [2.24, 2.45) is 33.8 Å². The molecule has 206 valence electrons. The Kier molecular flexibility index (Phi) is 14.7. The van der Waals surface area contributed by atoms with Gasteiger partial charge in [0.25, 0.3) is 0 Å². The van der Waals surface area contributed by atoms with Gasteiger partial charge < -0.3 is 49.1 Å². The highest BCUT2D eigenvalue weighted by Gasteiger charge is 2.34. The Morgan fingerprint density at radius 1 is 0.889 bits per heavy atom. The van der Waals surface area contributed by atoms with Crippen molar-refractivity contribution in [2.45, 2.75) is 83.1 Å². The number of hydrogen-bond donors (Lipinski definition) is 9. The van der Waals surface area contributed by atoms with Gasteiger partial charge in [0.05, 0.1) is 12.1 Å². The second kappa shape index (κ2) is 16.3. The Balaban J connectivity index is 5.44. The summed E-state index contributed by atoms with van der Waals surface area (Å²) in [7, 11) is 0. The smallest absolute Gasteiger partial charge is 0.326 e. The molecule has 0 spiro atoms. The number of nitrogens with one attached hydrogen (secondary N) is 3. The number of nitrogens with two attached hydrogens (primary N) is 4. The number of aliphatic hydroxyl groups excluding tert-OH is 1. The number of hydrogen-bond acceptors (Lipinski definition) is 8. The Labute approximate surface area is 209 Å². The quantitative estimate of drug-likeness (QED) is 0.0524. The number of rotatable bonds is 17. The monoisotopic (exact) mass is 516 g/mol. The number of primary amides is 1. The zero-order valence-electron chi connectivity index (χ0n) is 20.9. The minimum atomic E-state index is -1.54. The van der Waals surface area contributed by atoms with Crippen LogP contribution in [0.25, 0.3) is 0 Å². The van der Waals surface area contributed by atoms with Crippen LogP contribution in [0.1, 0.15) is 52.9 Å². The molecule has 0 aromatic carbocycles. The summed E-state index contributed by atoms with van der Waals surface area (Å²) in [5.74, 6) is -5.05. The largest absolute Gasteiger partial charge is 0.480 e. The average molecular weight is 517 g/mol. The van der Waals surface area contributed by atoms with Gasteiger partial charge >= 0.3 is 5.97 Å². The molecule has 4 amide bonds. The predicted octanol–water partition coefficient (Wildman–Crippen LogP) is -3.40. The molecule has 36 heavy (non-hydrogen) atoms. The van der Waals surface area contributed by atoms with Gasteiger partial charge in [0, 0.05) is 13.0 Å². The lowest BCUT2D eigenvalue weighted by molar-refractivity contribution is -0.144. The Bertz CT molecular complexity index is 801. The van der Waals surface area contributed by atoms with Crippen molar-refractivity contribution in [1.29, 1.82) is 0 Å². The maximum Gasteiger partial charge on any atom is 0.326 e. The van der Waals surface area contributed by atoms with E-state index in [9.17, 15) is 34.2 Å². The van der Waals surface area contributed by atoms with Crippen LogP contribution in [-0.2, 0) is 24.0 Å². The highest BCUT2D eigenvalue weighted by Crippen LogP contribution is 2.09. The summed E-state index contributed by atoms with van der Waals surface area (Å²) in [5.41, 5.74) is 21.5. The van der Waals surface area contributed by atoms with Crippen LogP contribution in [0.15, 0.2) is 4.99 Å². The lowest BCUT2D eigenvalue weighted by atomic mass is 9.98. The van der Waals surface area contributed by atoms with Crippen molar-refractivity contribution >= 4 is 35.6 Å². The number of guanidine groups is 1. The molecule has 0 aromatic rings. The van der Waals surface area contributed by atoms with Crippen LogP contribution < -0.4 is 38.9 Å². The summed E-state index contributed by atoms with van der Waals surface area (Å²) in [6.07, 6.45) is -0.847. The molecule has 0 saturated carbocycles. The topological polar surface area (TPSA) is 278 Å². The van der Waals surface area contributed by atoms with Gasteiger partial charge in [-0.2, -0.15) is 0 Å². The molecule has 13 N–H and O–H groups in total. The molecule has 15 heteroatoms. The zero-order valence-corrected chi connectivity index (χ0v) is 20.9. The maximum atomic E-state index is 12.9. The minimum Gasteiger partial charge on any atom is -0.480 e. The summed E-state index contributed by atoms with van der Waals surface area (Å²) in [4.78, 5) is 64.7. The Morgan fingerprint density at radius 3 is 1.94 bits per heavy atom. The molecule has 0 radical (unpaired) electrons. The van der Waals surface area contributed by atoms with Crippen molar-refractivity contribution in [1.82, 2.24) is 16.0 Å². The molecule has 6 atom stereocenters. The highest BCUT2D eigenvalue weighted by atomic mass is 16.4. The SMILES string of the molecule is CCC(C)C(NC(=O)C(NC(=O)C(CCC(N)=O)NC(=O)C(N)CCCN=C(N)N)C(C)O)C(=O)O. The van der Waals surface area contributed by atoms with Crippen LogP contribution in [0, 0.1) is 5.92 Å². The number of aliphatic hydroxyl groups is 1. The molecule has 0 aromatic heterocycles. The maximum absolute atomic E-state index is 12.9. The van der Waals surface area contributed by atoms with E-state index in [0.717, 1.165) is 0 Å². The number of amides is 4. The molecule has 6 unspecified atom stereocenters. The summed E-state index contributed by atoms with van der Waals surface area (Å²) < 4.78 is 0.